The van der Waals surface area contributed by atoms with Gasteiger partial charge in [0.05, 0.1) is 25.2 Å². The predicted octanol–water partition coefficient (Wildman–Crippen LogP) is 8.85. The Balaban J connectivity index is 1.39. The quantitative estimate of drug-likeness (QED) is 0.204. The van der Waals surface area contributed by atoms with E-state index in [4.69, 9.17) is 0 Å². The lowest BCUT2D eigenvalue weighted by Gasteiger charge is -2.51. The molecule has 1 unspecified atom stereocenters. The van der Waals surface area contributed by atoms with Gasteiger partial charge in [-0.2, -0.15) is 0 Å². The van der Waals surface area contributed by atoms with Gasteiger partial charge in [-0.3, -0.25) is 0 Å². The maximum Gasteiger partial charge on any atom is 0.0997 e. The molecule has 0 heterocycles. The van der Waals surface area contributed by atoms with Crippen molar-refractivity contribution >= 4 is 37.5 Å². The first kappa shape index (κ1) is 18.3. The summed E-state index contributed by atoms with van der Waals surface area (Å²) in [5, 5.41) is 5.23. The summed E-state index contributed by atoms with van der Waals surface area (Å²) in [6.45, 7) is 0. The standard InChI is InChI=1S/C30H26Br/c31-29-26-7-3-1-5-24(26)28(25-6-2-4-8-27(25)29)22-9-11-23(12-10-22)30-16-19-13-20(17-30)15-21(14-19)18-30/h1-12,19-20H,13-18H2/q+1/t19-,20+,30?. The molecule has 0 nitrogen and oxygen atoms in total. The molecule has 0 N–H and O–H groups in total. The van der Waals surface area contributed by atoms with E-state index in [9.17, 15) is 0 Å². The molecule has 0 spiro atoms. The van der Waals surface area contributed by atoms with Crippen LogP contribution in [0.5, 0.6) is 0 Å². The Labute approximate surface area is 192 Å². The second kappa shape index (κ2) is 6.62. The second-order valence-electron chi connectivity index (χ2n) is 10.3. The van der Waals surface area contributed by atoms with E-state index in [1.54, 1.807) is 5.56 Å². The topological polar surface area (TPSA) is 0 Å². The van der Waals surface area contributed by atoms with Gasteiger partial charge >= 0.3 is 0 Å². The van der Waals surface area contributed by atoms with Crippen LogP contribution in [0.25, 0.3) is 32.7 Å². The molecule has 4 aliphatic carbocycles. The molecule has 8 rings (SSSR count). The zero-order chi connectivity index (χ0) is 20.6. The van der Waals surface area contributed by atoms with Gasteiger partial charge in [-0.15, -0.1) is 0 Å². The number of hydrogen-bond acceptors (Lipinski definition) is 0. The third kappa shape index (κ3) is 2.69. The highest BCUT2D eigenvalue weighted by molar-refractivity contribution is 9.10. The van der Waals surface area contributed by atoms with E-state index in [-0.39, 0.29) is 0 Å². The summed E-state index contributed by atoms with van der Waals surface area (Å²) in [6, 6.07) is 27.3. The maximum absolute atomic E-state index is 3.89. The first-order chi connectivity index (χ1) is 15.2. The SMILES string of the molecule is Brc1c2ccccc2c(-c2ccc(C34C[C+]5C[C@H](C[C@H](C5)C3)C4)cc2)c2ccccc12. The number of fused-ring (bicyclic) bond motifs is 2. The minimum Gasteiger partial charge on any atom is -0.0616 e. The van der Waals surface area contributed by atoms with Gasteiger partial charge in [-0.05, 0) is 73.4 Å². The summed E-state index contributed by atoms with van der Waals surface area (Å²) in [4.78, 5) is 0. The first-order valence-corrected chi connectivity index (χ1v) is 12.5. The smallest absolute Gasteiger partial charge is 0.0616 e. The van der Waals surface area contributed by atoms with Crippen molar-refractivity contribution in [3.63, 3.8) is 0 Å². The molecule has 4 fully saturated rings. The maximum atomic E-state index is 3.89. The van der Waals surface area contributed by atoms with Gasteiger partial charge in [0, 0.05) is 21.7 Å². The van der Waals surface area contributed by atoms with E-state index < -0.39 is 0 Å². The van der Waals surface area contributed by atoms with Crippen LogP contribution < -0.4 is 0 Å². The lowest BCUT2D eigenvalue weighted by Crippen LogP contribution is -2.47. The van der Waals surface area contributed by atoms with E-state index in [1.807, 2.05) is 5.92 Å². The molecule has 4 aromatic carbocycles. The highest BCUT2D eigenvalue weighted by Crippen LogP contribution is 2.61. The highest BCUT2D eigenvalue weighted by atomic mass is 79.9. The normalized spacial score (nSPS) is 26.8. The molecule has 4 aromatic rings. The molecule has 3 atom stereocenters. The van der Waals surface area contributed by atoms with Crippen molar-refractivity contribution in [3.8, 4) is 11.1 Å². The van der Waals surface area contributed by atoms with Gasteiger partial charge in [-0.1, -0.05) is 72.8 Å². The van der Waals surface area contributed by atoms with Gasteiger partial charge in [0.25, 0.3) is 0 Å². The monoisotopic (exact) mass is 465 g/mol. The third-order valence-corrected chi connectivity index (χ3v) is 9.27. The van der Waals surface area contributed by atoms with E-state index >= 15 is 0 Å². The van der Waals surface area contributed by atoms with Crippen LogP contribution in [0.15, 0.2) is 77.3 Å². The van der Waals surface area contributed by atoms with Crippen molar-refractivity contribution in [1.29, 1.82) is 0 Å². The molecular formula is C30H26Br+. The third-order valence-electron chi connectivity index (χ3n) is 8.42. The van der Waals surface area contributed by atoms with Gasteiger partial charge in [0.15, 0.2) is 0 Å². The van der Waals surface area contributed by atoms with Crippen LogP contribution in [0.3, 0.4) is 0 Å². The summed E-state index contributed by atoms with van der Waals surface area (Å²) in [5.74, 6) is 3.78. The zero-order valence-electron chi connectivity index (χ0n) is 17.7. The summed E-state index contributed by atoms with van der Waals surface area (Å²) in [5.41, 5.74) is 4.72. The largest absolute Gasteiger partial charge is 0.0997 e. The Morgan fingerprint density at radius 2 is 1.26 bits per heavy atom. The van der Waals surface area contributed by atoms with Crippen LogP contribution >= 0.6 is 15.9 Å². The summed E-state index contributed by atoms with van der Waals surface area (Å²) < 4.78 is 1.20. The van der Waals surface area contributed by atoms with Crippen molar-refractivity contribution in [3.05, 3.63) is 88.8 Å². The molecule has 152 valence electrons. The fraction of sp³-hybridized carbons (Fsp3) is 0.300. The van der Waals surface area contributed by atoms with Crippen molar-refractivity contribution in [2.45, 2.75) is 43.9 Å². The van der Waals surface area contributed by atoms with Gasteiger partial charge in [0.2, 0.25) is 0 Å². The van der Waals surface area contributed by atoms with Crippen LogP contribution in [0.1, 0.15) is 44.1 Å². The Morgan fingerprint density at radius 3 is 1.81 bits per heavy atom. The fourth-order valence-corrected chi connectivity index (χ4v) is 8.21. The average molecular weight is 466 g/mol. The van der Waals surface area contributed by atoms with Gasteiger partial charge in [-0.25, -0.2) is 0 Å². The van der Waals surface area contributed by atoms with E-state index in [0.717, 1.165) is 11.8 Å². The first-order valence-electron chi connectivity index (χ1n) is 11.7. The Morgan fingerprint density at radius 1 is 0.710 bits per heavy atom. The van der Waals surface area contributed by atoms with Crippen molar-refractivity contribution in [1.82, 2.24) is 0 Å². The van der Waals surface area contributed by atoms with Gasteiger partial charge in [0.1, 0.15) is 0 Å². The van der Waals surface area contributed by atoms with E-state index in [2.05, 4.69) is 88.7 Å². The molecule has 4 saturated carbocycles. The lowest BCUT2D eigenvalue weighted by molar-refractivity contribution is 0.0620. The minimum atomic E-state index is 0.432. The summed E-state index contributed by atoms with van der Waals surface area (Å²) >= 11 is 3.89. The number of hydrogen-bond donors (Lipinski definition) is 0. The predicted molar refractivity (Wildman–Crippen MR) is 134 cm³/mol. The van der Waals surface area contributed by atoms with E-state index in [1.165, 1.54) is 75.7 Å². The molecule has 0 amide bonds. The van der Waals surface area contributed by atoms with E-state index in [0.29, 0.717) is 5.41 Å². The molecule has 0 aliphatic heterocycles. The molecule has 0 radical (unpaired) electrons. The van der Waals surface area contributed by atoms with Crippen molar-refractivity contribution < 1.29 is 0 Å². The van der Waals surface area contributed by atoms with Crippen LogP contribution in [-0.2, 0) is 5.41 Å². The zero-order valence-corrected chi connectivity index (χ0v) is 19.3. The Bertz CT molecular complexity index is 1220. The summed E-state index contributed by atoms with van der Waals surface area (Å²) in [7, 11) is 0. The highest BCUT2D eigenvalue weighted by Gasteiger charge is 2.57. The van der Waals surface area contributed by atoms with Gasteiger partial charge < -0.3 is 0 Å². The molecular weight excluding hydrogens is 440 g/mol. The minimum absolute atomic E-state index is 0.432. The number of halogens is 1. The Kier molecular flexibility index (Phi) is 3.92. The fourth-order valence-electron chi connectivity index (χ4n) is 7.52. The van der Waals surface area contributed by atoms with Crippen LogP contribution in [0.2, 0.25) is 0 Å². The Hall–Kier alpha value is -2.25. The molecule has 31 heavy (non-hydrogen) atoms. The van der Waals surface area contributed by atoms with Crippen LogP contribution in [0.4, 0.5) is 0 Å². The molecule has 1 heteroatoms. The van der Waals surface area contributed by atoms with Crippen molar-refractivity contribution in [2.75, 3.05) is 0 Å². The molecule has 4 bridgehead atoms. The van der Waals surface area contributed by atoms with Crippen LogP contribution in [0, 0.1) is 17.8 Å². The molecule has 0 saturated heterocycles. The molecule has 0 aromatic heterocycles. The van der Waals surface area contributed by atoms with Crippen molar-refractivity contribution in [2.24, 2.45) is 11.8 Å². The summed E-state index contributed by atoms with van der Waals surface area (Å²) in [6.07, 6.45) is 8.51. The molecule has 4 aliphatic rings. The second-order valence-corrected chi connectivity index (χ2v) is 11.1. The number of benzene rings is 4. The number of rotatable bonds is 2. The lowest BCUT2D eigenvalue weighted by atomic mass is 9.48. The average Bonchev–Trinajstić information content (AvgIpc) is 2.79. The van der Waals surface area contributed by atoms with Crippen LogP contribution in [-0.4, -0.2) is 0 Å².